The molecule has 2 aliphatic heterocycles. The molecule has 2 saturated heterocycles. The minimum atomic E-state index is -4.49. The molecule has 38 heavy (non-hydrogen) atoms. The number of benzene rings is 2. The number of nitrogens with two attached hydrogens (primary N) is 1. The molecule has 4 rings (SSSR count). The average Bonchev–Trinajstić information content (AvgIpc) is 3.18. The predicted octanol–water partition coefficient (Wildman–Crippen LogP) is 4.03. The molecule has 3 atom stereocenters. The molecule has 0 radical (unpaired) electrons. The van der Waals surface area contributed by atoms with Crippen LogP contribution in [0.4, 0.5) is 18.9 Å². The van der Waals surface area contributed by atoms with Gasteiger partial charge in [0.15, 0.2) is 6.10 Å². The first-order valence-electron chi connectivity index (χ1n) is 12.2. The van der Waals surface area contributed by atoms with Crippen LogP contribution in [0.5, 0.6) is 0 Å². The number of amides is 1. The Hall–Kier alpha value is -2.38. The predicted molar refractivity (Wildman–Crippen MR) is 138 cm³/mol. The fraction of sp³-hybridized carbons (Fsp3) is 0.480. The van der Waals surface area contributed by atoms with Crippen LogP contribution in [-0.2, 0) is 25.5 Å². The minimum Gasteiger partial charge on any atom is -0.368 e. The Morgan fingerprint density at radius 1 is 1.13 bits per heavy atom. The van der Waals surface area contributed by atoms with Gasteiger partial charge in [0.25, 0.3) is 5.91 Å². The maximum atomic E-state index is 13.4. The highest BCUT2D eigenvalue weighted by Gasteiger charge is 2.45. The molecule has 208 valence electrons. The summed E-state index contributed by atoms with van der Waals surface area (Å²) in [6, 6.07) is 8.50. The summed E-state index contributed by atoms with van der Waals surface area (Å²) in [7, 11) is -4.13. The van der Waals surface area contributed by atoms with Crippen molar-refractivity contribution >= 4 is 33.5 Å². The van der Waals surface area contributed by atoms with Crippen LogP contribution in [0.15, 0.2) is 42.5 Å². The van der Waals surface area contributed by atoms with Crippen LogP contribution in [0.3, 0.4) is 0 Å². The van der Waals surface area contributed by atoms with Gasteiger partial charge in [-0.3, -0.25) is 4.79 Å². The molecule has 0 unspecified atom stereocenters. The van der Waals surface area contributed by atoms with Crippen LogP contribution >= 0.6 is 11.6 Å². The van der Waals surface area contributed by atoms with Gasteiger partial charge in [-0.05, 0) is 53.8 Å². The lowest BCUT2D eigenvalue weighted by atomic mass is 9.94. The normalized spacial score (nSPS) is 22.6. The Labute approximate surface area is 225 Å². The first-order valence-corrected chi connectivity index (χ1v) is 14.0. The molecular weight excluding hydrogens is 545 g/mol. The summed E-state index contributed by atoms with van der Waals surface area (Å²) in [6.45, 7) is 5.02. The van der Waals surface area contributed by atoms with Gasteiger partial charge in [-0.25, -0.2) is 4.18 Å². The summed E-state index contributed by atoms with van der Waals surface area (Å²) in [5, 5.41) is 0.463. The summed E-state index contributed by atoms with van der Waals surface area (Å²) in [6.07, 6.45) is -5.28. The van der Waals surface area contributed by atoms with E-state index in [9.17, 15) is 26.4 Å². The number of nitrogens with one attached hydrogen (secondary N) is 1. The van der Waals surface area contributed by atoms with Gasteiger partial charge in [-0.15, -0.1) is 0 Å². The third-order valence-corrected chi connectivity index (χ3v) is 7.94. The van der Waals surface area contributed by atoms with E-state index in [1.807, 2.05) is 18.7 Å². The summed E-state index contributed by atoms with van der Waals surface area (Å²) >= 11 is 5.93. The van der Waals surface area contributed by atoms with Gasteiger partial charge in [0, 0.05) is 42.9 Å². The largest absolute Gasteiger partial charge is 0.416 e. The topological polar surface area (TPSA) is 105 Å². The second-order valence-corrected chi connectivity index (χ2v) is 11.7. The van der Waals surface area contributed by atoms with Crippen molar-refractivity contribution in [1.82, 2.24) is 9.62 Å². The standard InChI is InChI=1S/C25H30ClF3N4O4S/c1-15(2)13-20(30)19-14-17(25(27,28)29)5-8-21(19)32-9-11-33(12-10-32)24(34)23-22(31-38(35,36)37-23)16-3-6-18(26)7-4-16/h3-8,14-15,20,22-23,31H,9-13,30H2,1-2H3/t20-,22-,23+/m0/s1. The minimum absolute atomic E-state index is 0.187. The van der Waals surface area contributed by atoms with Crippen molar-refractivity contribution in [2.24, 2.45) is 11.7 Å². The van der Waals surface area contributed by atoms with E-state index in [4.69, 9.17) is 21.5 Å². The molecule has 0 spiro atoms. The Balaban J connectivity index is 1.51. The molecule has 0 aliphatic carbocycles. The summed E-state index contributed by atoms with van der Waals surface area (Å²) in [4.78, 5) is 16.7. The van der Waals surface area contributed by atoms with Crippen LogP contribution < -0.4 is 15.4 Å². The maximum absolute atomic E-state index is 13.4. The lowest BCUT2D eigenvalue weighted by Crippen LogP contribution is -2.52. The van der Waals surface area contributed by atoms with Crippen molar-refractivity contribution in [1.29, 1.82) is 0 Å². The van der Waals surface area contributed by atoms with Crippen molar-refractivity contribution in [3.63, 3.8) is 0 Å². The number of piperazine rings is 1. The van der Waals surface area contributed by atoms with Gasteiger partial charge in [0.05, 0.1) is 11.6 Å². The lowest BCUT2D eigenvalue weighted by molar-refractivity contribution is -0.139. The van der Waals surface area contributed by atoms with E-state index in [1.165, 1.54) is 11.0 Å². The van der Waals surface area contributed by atoms with Crippen LogP contribution in [0.1, 0.15) is 49.0 Å². The highest BCUT2D eigenvalue weighted by molar-refractivity contribution is 7.85. The lowest BCUT2D eigenvalue weighted by Gasteiger charge is -2.38. The van der Waals surface area contributed by atoms with Crippen molar-refractivity contribution < 1.29 is 30.6 Å². The van der Waals surface area contributed by atoms with Crippen molar-refractivity contribution in [2.45, 2.75) is 44.6 Å². The number of carbonyl (C=O) groups is 1. The molecule has 2 fully saturated rings. The first-order chi connectivity index (χ1) is 17.7. The van der Waals surface area contributed by atoms with E-state index in [-0.39, 0.29) is 19.0 Å². The third-order valence-electron chi connectivity index (χ3n) is 6.69. The van der Waals surface area contributed by atoms with E-state index in [0.29, 0.717) is 41.3 Å². The Morgan fingerprint density at radius 2 is 1.76 bits per heavy atom. The fourth-order valence-corrected chi connectivity index (χ4v) is 6.05. The molecular formula is C25H30ClF3N4O4S. The third kappa shape index (κ3) is 6.42. The van der Waals surface area contributed by atoms with Gasteiger partial charge in [0.1, 0.15) is 0 Å². The smallest absolute Gasteiger partial charge is 0.368 e. The van der Waals surface area contributed by atoms with Crippen molar-refractivity contribution in [3.8, 4) is 0 Å². The quantitative estimate of drug-likeness (QED) is 0.540. The van der Waals surface area contributed by atoms with Gasteiger partial charge in [-0.2, -0.15) is 26.3 Å². The summed E-state index contributed by atoms with van der Waals surface area (Å²) in [5.41, 5.74) is 7.10. The second-order valence-electron chi connectivity index (χ2n) is 9.94. The average molecular weight is 575 g/mol. The van der Waals surface area contributed by atoms with Crippen LogP contribution in [-0.4, -0.2) is 51.5 Å². The Bertz CT molecular complexity index is 1270. The monoisotopic (exact) mass is 574 g/mol. The fourth-order valence-electron chi connectivity index (χ4n) is 4.83. The summed E-state index contributed by atoms with van der Waals surface area (Å²) < 4.78 is 72.1. The van der Waals surface area contributed by atoms with E-state index in [1.54, 1.807) is 24.3 Å². The molecule has 2 aromatic carbocycles. The van der Waals surface area contributed by atoms with E-state index < -0.39 is 46.1 Å². The SMILES string of the molecule is CC(C)C[C@H](N)c1cc(C(F)(F)F)ccc1N1CCN(C(=O)[C@@H]2OS(=O)(=O)N[C@H]2c2ccc(Cl)cc2)CC1. The second kappa shape index (κ2) is 11.0. The van der Waals surface area contributed by atoms with Crippen LogP contribution in [0.2, 0.25) is 5.02 Å². The molecule has 1 amide bonds. The van der Waals surface area contributed by atoms with Crippen molar-refractivity contribution in [2.75, 3.05) is 31.1 Å². The zero-order valence-electron chi connectivity index (χ0n) is 20.9. The number of carbonyl (C=O) groups excluding carboxylic acids is 1. The molecule has 3 N–H and O–H groups in total. The zero-order valence-corrected chi connectivity index (χ0v) is 22.5. The molecule has 0 saturated carbocycles. The number of halogens is 4. The molecule has 8 nitrogen and oxygen atoms in total. The number of rotatable bonds is 6. The first kappa shape index (κ1) is 28.6. The van der Waals surface area contributed by atoms with Gasteiger partial charge in [0.2, 0.25) is 0 Å². The van der Waals surface area contributed by atoms with Gasteiger partial charge >= 0.3 is 16.5 Å². The number of hydrogen-bond donors (Lipinski definition) is 2. The number of nitrogens with zero attached hydrogens (tertiary/aromatic N) is 2. The van der Waals surface area contributed by atoms with Gasteiger partial charge < -0.3 is 15.5 Å². The number of alkyl halides is 3. The van der Waals surface area contributed by atoms with Crippen LogP contribution in [0.25, 0.3) is 0 Å². The van der Waals surface area contributed by atoms with E-state index in [0.717, 1.165) is 12.1 Å². The number of hydrogen-bond acceptors (Lipinski definition) is 6. The van der Waals surface area contributed by atoms with Gasteiger partial charge in [-0.1, -0.05) is 37.6 Å². The molecule has 2 aliphatic rings. The molecule has 2 aromatic rings. The highest BCUT2D eigenvalue weighted by atomic mass is 35.5. The highest BCUT2D eigenvalue weighted by Crippen LogP contribution is 2.37. The van der Waals surface area contributed by atoms with E-state index >= 15 is 0 Å². The van der Waals surface area contributed by atoms with Crippen molar-refractivity contribution in [3.05, 3.63) is 64.2 Å². The zero-order chi connectivity index (χ0) is 27.8. The summed E-state index contributed by atoms with van der Waals surface area (Å²) in [5.74, 6) is -0.311. The van der Waals surface area contributed by atoms with Crippen LogP contribution in [0, 0.1) is 5.92 Å². The molecule has 0 aromatic heterocycles. The number of anilines is 1. The van der Waals surface area contributed by atoms with E-state index in [2.05, 4.69) is 4.72 Å². The molecule has 0 bridgehead atoms. The Kier molecular flexibility index (Phi) is 8.29. The molecule has 13 heteroatoms. The maximum Gasteiger partial charge on any atom is 0.416 e. The molecule has 2 heterocycles. The Morgan fingerprint density at radius 3 is 2.34 bits per heavy atom.